The van der Waals surface area contributed by atoms with Crippen LogP contribution in [-0.2, 0) is 0 Å². The predicted molar refractivity (Wildman–Crippen MR) is 67.3 cm³/mol. The van der Waals surface area contributed by atoms with Crippen molar-refractivity contribution in [1.29, 1.82) is 0 Å². The number of benzene rings is 1. The van der Waals surface area contributed by atoms with Crippen molar-refractivity contribution in [2.45, 2.75) is 13.0 Å². The Morgan fingerprint density at radius 1 is 1.53 bits per heavy atom. The molecule has 1 unspecified atom stereocenters. The van der Waals surface area contributed by atoms with Crippen LogP contribution in [0.2, 0.25) is 5.02 Å². The fourth-order valence-electron chi connectivity index (χ4n) is 1.68. The number of nitrogens with zero attached hydrogens (tertiary/aromatic N) is 2. The number of hydrogen-bond donors (Lipinski definition) is 2. The molecule has 17 heavy (non-hydrogen) atoms. The predicted octanol–water partition coefficient (Wildman–Crippen LogP) is 1.83. The molecule has 5 heteroatoms. The summed E-state index contributed by atoms with van der Waals surface area (Å²) in [6.45, 7) is 1.85. The van der Waals surface area contributed by atoms with E-state index in [1.54, 1.807) is 17.1 Å². The van der Waals surface area contributed by atoms with Gasteiger partial charge in [0.1, 0.15) is 0 Å². The van der Waals surface area contributed by atoms with Gasteiger partial charge in [-0.2, -0.15) is 0 Å². The van der Waals surface area contributed by atoms with Crippen molar-refractivity contribution in [3.05, 3.63) is 47.0 Å². The summed E-state index contributed by atoms with van der Waals surface area (Å²) in [4.78, 5) is 4.04. The van der Waals surface area contributed by atoms with Crippen LogP contribution < -0.4 is 5.73 Å². The number of aryl methyl sites for hydroxylation is 1. The van der Waals surface area contributed by atoms with E-state index in [2.05, 4.69) is 4.98 Å². The average molecular weight is 252 g/mol. The summed E-state index contributed by atoms with van der Waals surface area (Å²) in [5.74, 6) is 0. The fourth-order valence-corrected chi connectivity index (χ4v) is 2.01. The van der Waals surface area contributed by atoms with Crippen LogP contribution in [0.3, 0.4) is 0 Å². The smallest absolute Gasteiger partial charge is 0.0995 e. The van der Waals surface area contributed by atoms with Crippen LogP contribution in [0.25, 0.3) is 5.69 Å². The molecule has 1 heterocycles. The lowest BCUT2D eigenvalue weighted by molar-refractivity contribution is 0.265. The molecule has 2 aromatic rings. The van der Waals surface area contributed by atoms with Gasteiger partial charge in [-0.3, -0.25) is 0 Å². The van der Waals surface area contributed by atoms with Gasteiger partial charge in [0, 0.05) is 0 Å². The van der Waals surface area contributed by atoms with Gasteiger partial charge in [-0.05, 0) is 24.6 Å². The van der Waals surface area contributed by atoms with Crippen LogP contribution in [0, 0.1) is 6.92 Å². The number of nitrogens with two attached hydrogens (primary N) is 1. The first-order chi connectivity index (χ1) is 8.13. The highest BCUT2D eigenvalue weighted by atomic mass is 35.5. The minimum Gasteiger partial charge on any atom is -0.394 e. The first-order valence-corrected chi connectivity index (χ1v) is 5.66. The van der Waals surface area contributed by atoms with Crippen molar-refractivity contribution in [3.8, 4) is 5.69 Å². The van der Waals surface area contributed by atoms with Gasteiger partial charge in [-0.25, -0.2) is 4.98 Å². The van der Waals surface area contributed by atoms with Crippen molar-refractivity contribution in [2.75, 3.05) is 6.61 Å². The number of aliphatic hydroxyl groups excluding tert-OH is 1. The van der Waals surface area contributed by atoms with Crippen molar-refractivity contribution in [3.63, 3.8) is 0 Å². The third-order valence-electron chi connectivity index (χ3n) is 2.61. The lowest BCUT2D eigenvalue weighted by atomic mass is 10.2. The number of hydrogen-bond acceptors (Lipinski definition) is 3. The molecular weight excluding hydrogens is 238 g/mol. The molecule has 0 radical (unpaired) electrons. The number of aromatic nitrogens is 2. The van der Waals surface area contributed by atoms with Crippen LogP contribution in [0.4, 0.5) is 0 Å². The first kappa shape index (κ1) is 12.1. The van der Waals surface area contributed by atoms with E-state index in [0.29, 0.717) is 5.02 Å². The second-order valence-corrected chi connectivity index (χ2v) is 4.34. The molecule has 0 saturated heterocycles. The van der Waals surface area contributed by atoms with E-state index in [1.807, 2.05) is 25.1 Å². The van der Waals surface area contributed by atoms with Gasteiger partial charge >= 0.3 is 0 Å². The average Bonchev–Trinajstić information content (AvgIpc) is 2.77. The van der Waals surface area contributed by atoms with Crippen molar-refractivity contribution < 1.29 is 5.11 Å². The van der Waals surface area contributed by atoms with E-state index in [-0.39, 0.29) is 6.61 Å². The van der Waals surface area contributed by atoms with Gasteiger partial charge in [-0.15, -0.1) is 0 Å². The lowest BCUT2D eigenvalue weighted by Gasteiger charge is -2.13. The molecule has 0 bridgehead atoms. The van der Waals surface area contributed by atoms with Gasteiger partial charge < -0.3 is 15.4 Å². The normalized spacial score (nSPS) is 12.7. The Morgan fingerprint density at radius 2 is 2.29 bits per heavy atom. The highest BCUT2D eigenvalue weighted by molar-refractivity contribution is 6.32. The Bertz CT molecular complexity index is 524. The summed E-state index contributed by atoms with van der Waals surface area (Å²) < 4.78 is 1.79. The molecule has 0 aliphatic rings. The lowest BCUT2D eigenvalue weighted by Crippen LogP contribution is -2.18. The number of rotatable bonds is 3. The van der Waals surface area contributed by atoms with Crippen LogP contribution in [0.15, 0.2) is 30.7 Å². The van der Waals surface area contributed by atoms with E-state index < -0.39 is 6.04 Å². The second-order valence-electron chi connectivity index (χ2n) is 3.93. The Hall–Kier alpha value is -1.36. The minimum atomic E-state index is -0.463. The molecule has 0 aliphatic carbocycles. The fraction of sp³-hybridized carbons (Fsp3) is 0.250. The number of halogens is 1. The largest absolute Gasteiger partial charge is 0.394 e. The SMILES string of the molecule is Cc1ccc(-n2cncc2C(N)CO)c(Cl)c1. The quantitative estimate of drug-likeness (QED) is 0.875. The Morgan fingerprint density at radius 3 is 2.94 bits per heavy atom. The topological polar surface area (TPSA) is 64.1 Å². The third kappa shape index (κ3) is 2.34. The molecule has 90 valence electrons. The summed E-state index contributed by atoms with van der Waals surface area (Å²) >= 11 is 6.19. The highest BCUT2D eigenvalue weighted by Gasteiger charge is 2.13. The Kier molecular flexibility index (Phi) is 3.47. The van der Waals surface area contributed by atoms with Gasteiger partial charge in [-0.1, -0.05) is 17.7 Å². The summed E-state index contributed by atoms with van der Waals surface area (Å²) in [7, 11) is 0. The van der Waals surface area contributed by atoms with Crippen LogP contribution >= 0.6 is 11.6 Å². The van der Waals surface area contributed by atoms with Crippen molar-refractivity contribution in [2.24, 2.45) is 5.73 Å². The summed E-state index contributed by atoms with van der Waals surface area (Å²) in [6.07, 6.45) is 3.28. The molecule has 2 rings (SSSR count). The maximum absolute atomic E-state index is 9.09. The molecule has 1 aromatic carbocycles. The molecule has 0 aliphatic heterocycles. The zero-order chi connectivity index (χ0) is 12.4. The van der Waals surface area contributed by atoms with Crippen LogP contribution in [-0.4, -0.2) is 21.3 Å². The van der Waals surface area contributed by atoms with Gasteiger partial charge in [0.05, 0.1) is 41.6 Å². The molecule has 4 nitrogen and oxygen atoms in total. The van der Waals surface area contributed by atoms with Crippen LogP contribution in [0.5, 0.6) is 0 Å². The van der Waals surface area contributed by atoms with Gasteiger partial charge in [0.25, 0.3) is 0 Å². The third-order valence-corrected chi connectivity index (χ3v) is 2.91. The minimum absolute atomic E-state index is 0.130. The van der Waals surface area contributed by atoms with E-state index in [9.17, 15) is 0 Å². The molecule has 1 aromatic heterocycles. The number of aliphatic hydroxyl groups is 1. The molecular formula is C12H14ClN3O. The number of imidazole rings is 1. The van der Waals surface area contributed by atoms with E-state index in [4.69, 9.17) is 22.4 Å². The first-order valence-electron chi connectivity index (χ1n) is 5.28. The van der Waals surface area contributed by atoms with Crippen LogP contribution in [0.1, 0.15) is 17.3 Å². The van der Waals surface area contributed by atoms with Crippen molar-refractivity contribution in [1.82, 2.24) is 9.55 Å². The van der Waals surface area contributed by atoms with Gasteiger partial charge in [0.2, 0.25) is 0 Å². The molecule has 0 spiro atoms. The Labute approximate surface area is 105 Å². The molecule has 0 saturated carbocycles. The molecule has 0 amide bonds. The Balaban J connectivity index is 2.50. The zero-order valence-corrected chi connectivity index (χ0v) is 10.2. The summed E-state index contributed by atoms with van der Waals surface area (Å²) in [6, 6.07) is 5.29. The molecule has 1 atom stereocenters. The maximum Gasteiger partial charge on any atom is 0.0995 e. The monoisotopic (exact) mass is 251 g/mol. The van der Waals surface area contributed by atoms with E-state index in [1.165, 1.54) is 0 Å². The highest BCUT2D eigenvalue weighted by Crippen LogP contribution is 2.24. The molecule has 3 N–H and O–H groups in total. The second kappa shape index (κ2) is 4.87. The van der Waals surface area contributed by atoms with Crippen molar-refractivity contribution >= 4 is 11.6 Å². The van der Waals surface area contributed by atoms with E-state index in [0.717, 1.165) is 16.9 Å². The summed E-state index contributed by atoms with van der Waals surface area (Å²) in [5.41, 5.74) is 8.44. The standard InChI is InChI=1S/C12H14ClN3O/c1-8-2-3-11(9(13)4-8)16-7-15-5-12(16)10(14)6-17/h2-5,7,10,17H,6,14H2,1H3. The maximum atomic E-state index is 9.09. The van der Waals surface area contributed by atoms with Gasteiger partial charge in [0.15, 0.2) is 0 Å². The molecule has 0 fully saturated rings. The summed E-state index contributed by atoms with van der Waals surface area (Å²) in [5, 5.41) is 9.73. The zero-order valence-electron chi connectivity index (χ0n) is 9.47. The van der Waals surface area contributed by atoms with E-state index >= 15 is 0 Å².